The van der Waals surface area contributed by atoms with Crippen molar-refractivity contribution in [2.24, 2.45) is 5.92 Å². The number of fused-ring (bicyclic) bond motifs is 3. The van der Waals surface area contributed by atoms with Gasteiger partial charge in [0.2, 0.25) is 10.0 Å². The zero-order valence-corrected chi connectivity index (χ0v) is 22.3. The molecule has 0 spiro atoms. The van der Waals surface area contributed by atoms with E-state index in [9.17, 15) is 16.8 Å². The van der Waals surface area contributed by atoms with E-state index in [4.69, 9.17) is 0 Å². The van der Waals surface area contributed by atoms with Crippen molar-refractivity contribution in [3.63, 3.8) is 0 Å². The van der Waals surface area contributed by atoms with E-state index in [1.807, 2.05) is 18.2 Å². The first-order valence-corrected chi connectivity index (χ1v) is 15.1. The lowest BCUT2D eigenvalue weighted by Crippen LogP contribution is -2.38. The van der Waals surface area contributed by atoms with Crippen LogP contribution >= 0.6 is 0 Å². The summed E-state index contributed by atoms with van der Waals surface area (Å²) >= 11 is 0. The highest BCUT2D eigenvalue weighted by Gasteiger charge is 2.38. The molecule has 5 rings (SSSR count). The molecule has 0 radical (unpaired) electrons. The quantitative estimate of drug-likeness (QED) is 0.388. The largest absolute Gasteiger partial charge is 0.274 e. The second kappa shape index (κ2) is 8.93. The highest BCUT2D eigenvalue weighted by molar-refractivity contribution is 7.90. The van der Waals surface area contributed by atoms with Crippen LogP contribution in [0.25, 0.3) is 16.8 Å². The van der Waals surface area contributed by atoms with Crippen LogP contribution in [0.2, 0.25) is 0 Å². The van der Waals surface area contributed by atoms with Gasteiger partial charge in [-0.05, 0) is 57.2 Å². The molecule has 0 saturated heterocycles. The molecule has 4 atom stereocenters. The standard InChI is InChI=1S/C24H30N6O4S2/c1-5-17(4)35(31,32)28-18-12-16(3)20(13-18)23-27-26-22-14-25-24-21(30(22)23)10-11-29(24)36(33,34)19-8-6-15(2)7-9-19/h6-11,14,16-18,20,28H,5,12-13H2,1-4H3/t16-,17?,18+,20+/m1/s1. The Hall–Kier alpha value is -2.83. The first-order valence-electron chi connectivity index (χ1n) is 12.1. The minimum atomic E-state index is -3.85. The molecule has 10 nitrogen and oxygen atoms in total. The predicted octanol–water partition coefficient (Wildman–Crippen LogP) is 3.22. The molecule has 1 unspecified atom stereocenters. The van der Waals surface area contributed by atoms with Gasteiger partial charge in [0.1, 0.15) is 5.82 Å². The summed E-state index contributed by atoms with van der Waals surface area (Å²) in [7, 11) is -7.25. The van der Waals surface area contributed by atoms with Crippen LogP contribution in [0.4, 0.5) is 0 Å². The number of hydrogen-bond donors (Lipinski definition) is 1. The van der Waals surface area contributed by atoms with Crippen molar-refractivity contribution in [3.05, 3.63) is 54.1 Å². The number of nitrogens with one attached hydrogen (secondary N) is 1. The number of benzene rings is 1. The van der Waals surface area contributed by atoms with Gasteiger partial charge in [0.15, 0.2) is 11.3 Å². The Morgan fingerprint density at radius 3 is 2.50 bits per heavy atom. The first kappa shape index (κ1) is 24.8. The van der Waals surface area contributed by atoms with E-state index >= 15 is 0 Å². The molecule has 12 heteroatoms. The van der Waals surface area contributed by atoms with Gasteiger partial charge in [0, 0.05) is 18.2 Å². The fourth-order valence-electron chi connectivity index (χ4n) is 4.98. The van der Waals surface area contributed by atoms with E-state index in [1.54, 1.807) is 37.3 Å². The Kier molecular flexibility index (Phi) is 6.16. The average Bonchev–Trinajstić information content (AvgIpc) is 3.54. The Morgan fingerprint density at radius 1 is 1.08 bits per heavy atom. The molecule has 36 heavy (non-hydrogen) atoms. The lowest BCUT2D eigenvalue weighted by atomic mass is 9.97. The van der Waals surface area contributed by atoms with Crippen LogP contribution in [0.3, 0.4) is 0 Å². The maximum Gasteiger partial charge on any atom is 0.269 e. The monoisotopic (exact) mass is 530 g/mol. The number of nitrogens with zero attached hydrogens (tertiary/aromatic N) is 5. The molecule has 1 aliphatic rings. The van der Waals surface area contributed by atoms with Crippen LogP contribution in [-0.2, 0) is 20.0 Å². The summed E-state index contributed by atoms with van der Waals surface area (Å²) in [6.07, 6.45) is 4.83. The minimum Gasteiger partial charge on any atom is -0.274 e. The van der Waals surface area contributed by atoms with Crippen molar-refractivity contribution in [1.29, 1.82) is 0 Å². The number of rotatable bonds is 7. The predicted molar refractivity (Wildman–Crippen MR) is 137 cm³/mol. The average molecular weight is 531 g/mol. The topological polar surface area (TPSA) is 128 Å². The molecule has 1 fully saturated rings. The van der Waals surface area contributed by atoms with Crippen molar-refractivity contribution < 1.29 is 16.8 Å². The van der Waals surface area contributed by atoms with E-state index in [0.29, 0.717) is 36.3 Å². The van der Waals surface area contributed by atoms with E-state index < -0.39 is 25.3 Å². The van der Waals surface area contributed by atoms with Crippen LogP contribution in [-0.4, -0.2) is 51.7 Å². The summed E-state index contributed by atoms with van der Waals surface area (Å²) in [4.78, 5) is 4.58. The fourth-order valence-corrected chi connectivity index (χ4v) is 7.61. The third kappa shape index (κ3) is 4.10. The van der Waals surface area contributed by atoms with Crippen LogP contribution in [0.5, 0.6) is 0 Å². The van der Waals surface area contributed by atoms with Gasteiger partial charge in [-0.15, -0.1) is 10.2 Å². The molecule has 1 aromatic carbocycles. The fraction of sp³-hybridized carbons (Fsp3) is 0.458. The third-order valence-electron chi connectivity index (χ3n) is 7.29. The van der Waals surface area contributed by atoms with Crippen molar-refractivity contribution in [2.45, 2.75) is 69.1 Å². The number of sulfonamides is 1. The lowest BCUT2D eigenvalue weighted by Gasteiger charge is -2.17. The SMILES string of the molecule is CCC(C)S(=O)(=O)N[C@H]1C[C@@H](C)[C@@H](c2nnc3cnc4c(ccn4S(=O)(=O)c4ccc(C)cc4)n23)C1. The maximum absolute atomic E-state index is 13.4. The van der Waals surface area contributed by atoms with Crippen molar-refractivity contribution in [3.8, 4) is 0 Å². The number of hydrogen-bond acceptors (Lipinski definition) is 7. The molecule has 192 valence electrons. The van der Waals surface area contributed by atoms with Gasteiger partial charge in [-0.2, -0.15) is 0 Å². The molecule has 0 aliphatic heterocycles. The number of aryl methyl sites for hydroxylation is 1. The third-order valence-corrected chi connectivity index (χ3v) is 11.0. The van der Waals surface area contributed by atoms with Crippen molar-refractivity contribution in [2.75, 3.05) is 0 Å². The Morgan fingerprint density at radius 2 is 1.81 bits per heavy atom. The van der Waals surface area contributed by atoms with Crippen LogP contribution in [0, 0.1) is 12.8 Å². The Balaban J connectivity index is 1.53. The molecule has 3 heterocycles. The summed E-state index contributed by atoms with van der Waals surface area (Å²) in [6.45, 7) is 7.55. The Bertz CT molecular complexity index is 1640. The van der Waals surface area contributed by atoms with Crippen LogP contribution in [0.1, 0.15) is 57.3 Å². The Labute approximate surface area is 210 Å². The van der Waals surface area contributed by atoms with Crippen LogP contribution in [0.15, 0.2) is 47.6 Å². The minimum absolute atomic E-state index is 0.0488. The van der Waals surface area contributed by atoms with Gasteiger partial charge >= 0.3 is 0 Å². The molecule has 1 aliphatic carbocycles. The molecule has 0 bridgehead atoms. The number of aromatic nitrogens is 5. The van der Waals surface area contributed by atoms with Gasteiger partial charge in [-0.25, -0.2) is 30.5 Å². The summed E-state index contributed by atoms with van der Waals surface area (Å²) in [5.41, 5.74) is 2.34. The highest BCUT2D eigenvalue weighted by atomic mass is 32.2. The second-order valence-corrected chi connectivity index (χ2v) is 13.7. The molecular formula is C24H30N6O4S2. The van der Waals surface area contributed by atoms with E-state index in [0.717, 1.165) is 5.56 Å². The highest BCUT2D eigenvalue weighted by Crippen LogP contribution is 2.40. The van der Waals surface area contributed by atoms with Crippen molar-refractivity contribution in [1.82, 2.24) is 28.3 Å². The summed E-state index contributed by atoms with van der Waals surface area (Å²) in [5, 5.41) is 8.26. The van der Waals surface area contributed by atoms with Gasteiger partial charge in [-0.3, -0.25) is 4.40 Å². The summed E-state index contributed by atoms with van der Waals surface area (Å²) in [5.74, 6) is 0.788. The summed E-state index contributed by atoms with van der Waals surface area (Å²) in [6, 6.07) is 8.20. The van der Waals surface area contributed by atoms with E-state index in [-0.39, 0.29) is 28.4 Å². The second-order valence-electron chi connectivity index (χ2n) is 9.78. The van der Waals surface area contributed by atoms with Crippen LogP contribution < -0.4 is 4.72 Å². The zero-order valence-electron chi connectivity index (χ0n) is 20.7. The smallest absolute Gasteiger partial charge is 0.269 e. The van der Waals surface area contributed by atoms with Gasteiger partial charge in [0.05, 0.1) is 21.9 Å². The molecule has 4 aromatic rings. The van der Waals surface area contributed by atoms with Gasteiger partial charge in [0.25, 0.3) is 10.0 Å². The van der Waals surface area contributed by atoms with Crippen molar-refractivity contribution >= 4 is 36.9 Å². The summed E-state index contributed by atoms with van der Waals surface area (Å²) < 4.78 is 57.9. The van der Waals surface area contributed by atoms with Gasteiger partial charge in [-0.1, -0.05) is 31.5 Å². The first-order chi connectivity index (χ1) is 17.0. The molecule has 3 aromatic heterocycles. The lowest BCUT2D eigenvalue weighted by molar-refractivity contribution is 0.505. The maximum atomic E-state index is 13.4. The molecule has 1 saturated carbocycles. The normalized spacial score (nSPS) is 21.9. The van der Waals surface area contributed by atoms with E-state index in [2.05, 4.69) is 26.8 Å². The molecular weight excluding hydrogens is 500 g/mol. The van der Waals surface area contributed by atoms with E-state index in [1.165, 1.54) is 16.4 Å². The van der Waals surface area contributed by atoms with Gasteiger partial charge < -0.3 is 0 Å². The molecule has 1 N–H and O–H groups in total. The molecule has 0 amide bonds. The zero-order chi connectivity index (χ0) is 25.8.